The maximum Gasteiger partial charge on any atom is 0.271 e. The van der Waals surface area contributed by atoms with Crippen LogP contribution in [-0.4, -0.2) is 21.5 Å². The maximum absolute atomic E-state index is 12.0. The number of carbonyl (C=O) groups is 1. The molecular formula is C16H15N3O5S. The molecule has 0 aliphatic heterocycles. The Bertz CT molecular complexity index is 808. The number of carbonyl (C=O) groups excluding carboxylic acids is 1. The van der Waals surface area contributed by atoms with Crippen LogP contribution in [0.1, 0.15) is 11.1 Å². The molecule has 0 spiro atoms. The van der Waals surface area contributed by atoms with Gasteiger partial charge in [-0.05, 0) is 18.1 Å². The van der Waals surface area contributed by atoms with Crippen LogP contribution in [-0.2, 0) is 10.5 Å². The second kappa shape index (κ2) is 8.25. The molecular weight excluding hydrogens is 346 g/mol. The Balaban J connectivity index is 1.87. The zero-order valence-electron chi connectivity index (χ0n) is 13.3. The van der Waals surface area contributed by atoms with Crippen molar-refractivity contribution in [1.29, 1.82) is 0 Å². The fraction of sp³-hybridized carbons (Fsp3) is 0.188. The van der Waals surface area contributed by atoms with E-state index in [1.165, 1.54) is 36.0 Å². The Morgan fingerprint density at radius 3 is 2.24 bits per heavy atom. The van der Waals surface area contributed by atoms with Gasteiger partial charge in [0.25, 0.3) is 11.4 Å². The predicted molar refractivity (Wildman–Crippen MR) is 95.7 cm³/mol. The highest BCUT2D eigenvalue weighted by molar-refractivity contribution is 7.99. The molecule has 1 N–H and O–H groups in total. The van der Waals surface area contributed by atoms with E-state index in [1.807, 2.05) is 0 Å². The third-order valence-electron chi connectivity index (χ3n) is 3.36. The van der Waals surface area contributed by atoms with Crippen molar-refractivity contribution in [2.24, 2.45) is 0 Å². The number of nitro groups is 2. The normalized spacial score (nSPS) is 10.3. The van der Waals surface area contributed by atoms with Gasteiger partial charge in [0, 0.05) is 30.0 Å². The van der Waals surface area contributed by atoms with E-state index in [-0.39, 0.29) is 23.0 Å². The molecule has 2 aromatic rings. The van der Waals surface area contributed by atoms with Crippen LogP contribution in [0, 0.1) is 27.2 Å². The summed E-state index contributed by atoms with van der Waals surface area (Å²) in [5, 5.41) is 24.0. The topological polar surface area (TPSA) is 115 Å². The van der Waals surface area contributed by atoms with Crippen molar-refractivity contribution >= 4 is 34.7 Å². The molecule has 2 aromatic carbocycles. The first-order chi connectivity index (χ1) is 11.9. The van der Waals surface area contributed by atoms with Crippen LogP contribution in [0.4, 0.5) is 17.1 Å². The second-order valence-electron chi connectivity index (χ2n) is 5.22. The summed E-state index contributed by atoms with van der Waals surface area (Å²) >= 11 is 1.35. The summed E-state index contributed by atoms with van der Waals surface area (Å²) in [6.07, 6.45) is 0. The lowest BCUT2D eigenvalue weighted by atomic mass is 10.2. The van der Waals surface area contributed by atoms with Crippen molar-refractivity contribution in [3.8, 4) is 0 Å². The molecule has 0 fully saturated rings. The summed E-state index contributed by atoms with van der Waals surface area (Å²) in [5.41, 5.74) is 1.96. The first kappa shape index (κ1) is 18.4. The van der Waals surface area contributed by atoms with E-state index in [0.29, 0.717) is 11.4 Å². The highest BCUT2D eigenvalue weighted by Gasteiger charge is 2.11. The Kier molecular flexibility index (Phi) is 6.07. The van der Waals surface area contributed by atoms with Gasteiger partial charge in [0.1, 0.15) is 0 Å². The van der Waals surface area contributed by atoms with E-state index >= 15 is 0 Å². The predicted octanol–water partition coefficient (Wildman–Crippen LogP) is 3.68. The van der Waals surface area contributed by atoms with Gasteiger partial charge >= 0.3 is 0 Å². The third-order valence-corrected chi connectivity index (χ3v) is 4.36. The van der Waals surface area contributed by atoms with E-state index in [4.69, 9.17) is 0 Å². The highest BCUT2D eigenvalue weighted by Crippen LogP contribution is 2.22. The van der Waals surface area contributed by atoms with Crippen molar-refractivity contribution in [2.45, 2.75) is 12.7 Å². The lowest BCUT2D eigenvalue weighted by Crippen LogP contribution is -2.15. The number of aryl methyl sites for hydroxylation is 1. The fourth-order valence-corrected chi connectivity index (χ4v) is 2.81. The molecule has 0 saturated carbocycles. The molecule has 0 aliphatic rings. The Morgan fingerprint density at radius 1 is 1.04 bits per heavy atom. The number of hydrogen-bond donors (Lipinski definition) is 1. The lowest BCUT2D eigenvalue weighted by molar-refractivity contribution is -0.385. The number of benzene rings is 2. The number of nitro benzene ring substituents is 2. The zero-order chi connectivity index (χ0) is 18.4. The molecule has 130 valence electrons. The van der Waals surface area contributed by atoms with Crippen molar-refractivity contribution in [1.82, 2.24) is 0 Å². The number of nitrogens with one attached hydrogen (secondary N) is 1. The molecule has 2 rings (SSSR count). The maximum atomic E-state index is 12.0. The van der Waals surface area contributed by atoms with Crippen molar-refractivity contribution in [3.05, 3.63) is 73.8 Å². The van der Waals surface area contributed by atoms with E-state index in [9.17, 15) is 25.0 Å². The summed E-state index contributed by atoms with van der Waals surface area (Å²) in [6.45, 7) is 1.75. The van der Waals surface area contributed by atoms with Gasteiger partial charge in [-0.15, -0.1) is 11.8 Å². The molecule has 1 amide bonds. The first-order valence-corrected chi connectivity index (χ1v) is 8.38. The summed E-state index contributed by atoms with van der Waals surface area (Å²) in [5.74, 6) is 0.425. The Morgan fingerprint density at radius 2 is 1.64 bits per heavy atom. The van der Waals surface area contributed by atoms with Gasteiger partial charge in [-0.25, -0.2) is 0 Å². The molecule has 0 aliphatic carbocycles. The number of nitrogens with zero attached hydrogens (tertiary/aromatic N) is 2. The number of thioether (sulfide) groups is 1. The van der Waals surface area contributed by atoms with Crippen LogP contribution in [0.25, 0.3) is 0 Å². The Labute approximate surface area is 147 Å². The van der Waals surface area contributed by atoms with E-state index in [1.54, 1.807) is 25.1 Å². The number of rotatable bonds is 7. The summed E-state index contributed by atoms with van der Waals surface area (Å²) in [6, 6.07) is 10.4. The molecule has 0 heterocycles. The number of non-ortho nitro benzene ring substituents is 2. The Hall–Kier alpha value is -2.94. The van der Waals surface area contributed by atoms with Crippen LogP contribution in [0.5, 0.6) is 0 Å². The number of hydrogen-bond acceptors (Lipinski definition) is 6. The molecule has 9 heteroatoms. The van der Waals surface area contributed by atoms with Gasteiger partial charge in [-0.1, -0.05) is 18.2 Å². The van der Waals surface area contributed by atoms with Crippen molar-refractivity contribution in [2.75, 3.05) is 11.1 Å². The third kappa shape index (κ3) is 5.28. The van der Waals surface area contributed by atoms with Gasteiger partial charge < -0.3 is 5.32 Å². The summed E-state index contributed by atoms with van der Waals surface area (Å²) in [4.78, 5) is 32.4. The zero-order valence-corrected chi connectivity index (χ0v) is 14.1. The van der Waals surface area contributed by atoms with Gasteiger partial charge in [0.2, 0.25) is 5.91 Å². The van der Waals surface area contributed by atoms with Crippen LogP contribution >= 0.6 is 11.8 Å². The lowest BCUT2D eigenvalue weighted by Gasteiger charge is -2.08. The van der Waals surface area contributed by atoms with E-state index < -0.39 is 9.85 Å². The smallest absolute Gasteiger partial charge is 0.271 e. The minimum atomic E-state index is -0.515. The van der Waals surface area contributed by atoms with E-state index in [2.05, 4.69) is 5.32 Å². The molecule has 0 radical (unpaired) electrons. The molecule has 0 unspecified atom stereocenters. The van der Waals surface area contributed by atoms with Crippen molar-refractivity contribution < 1.29 is 14.6 Å². The molecule has 25 heavy (non-hydrogen) atoms. The fourth-order valence-electron chi connectivity index (χ4n) is 2.02. The van der Waals surface area contributed by atoms with E-state index in [0.717, 1.165) is 11.1 Å². The molecule has 0 aromatic heterocycles. The molecule has 0 bridgehead atoms. The second-order valence-corrected chi connectivity index (χ2v) is 6.21. The summed E-state index contributed by atoms with van der Waals surface area (Å²) in [7, 11) is 0. The van der Waals surface area contributed by atoms with Gasteiger partial charge in [0.15, 0.2) is 0 Å². The minimum Gasteiger partial charge on any atom is -0.325 e. The number of amides is 1. The standard InChI is InChI=1S/C16H15N3O5S/c1-11-2-5-14(19(23)24)8-15(11)17-16(20)10-25-9-12-3-6-13(7-4-12)18(21)22/h2-8H,9-10H2,1H3,(H,17,20). The van der Waals surface area contributed by atoms with Crippen LogP contribution in [0.3, 0.4) is 0 Å². The monoisotopic (exact) mass is 361 g/mol. The number of anilines is 1. The quantitative estimate of drug-likeness (QED) is 0.594. The first-order valence-electron chi connectivity index (χ1n) is 7.23. The molecule has 0 atom stereocenters. The van der Waals surface area contributed by atoms with Gasteiger partial charge in [-0.3, -0.25) is 25.0 Å². The van der Waals surface area contributed by atoms with Crippen LogP contribution in [0.2, 0.25) is 0 Å². The average Bonchev–Trinajstić information content (AvgIpc) is 2.57. The molecule has 8 nitrogen and oxygen atoms in total. The highest BCUT2D eigenvalue weighted by atomic mass is 32.2. The van der Waals surface area contributed by atoms with Gasteiger partial charge in [-0.2, -0.15) is 0 Å². The largest absolute Gasteiger partial charge is 0.325 e. The molecule has 0 saturated heterocycles. The van der Waals surface area contributed by atoms with Crippen LogP contribution < -0.4 is 5.32 Å². The van der Waals surface area contributed by atoms with Crippen LogP contribution in [0.15, 0.2) is 42.5 Å². The average molecular weight is 361 g/mol. The van der Waals surface area contributed by atoms with Crippen molar-refractivity contribution in [3.63, 3.8) is 0 Å². The van der Waals surface area contributed by atoms with Gasteiger partial charge in [0.05, 0.1) is 21.3 Å². The minimum absolute atomic E-state index is 0.0210. The summed E-state index contributed by atoms with van der Waals surface area (Å²) < 4.78 is 0. The SMILES string of the molecule is Cc1ccc([N+](=O)[O-])cc1NC(=O)CSCc1ccc([N+](=O)[O-])cc1.